The maximum atomic E-state index is 5.72. The van der Waals surface area contributed by atoms with E-state index in [0.29, 0.717) is 5.89 Å². The first kappa shape index (κ1) is 14.7. The average Bonchev–Trinajstić information content (AvgIpc) is 2.81. The lowest BCUT2D eigenvalue weighted by molar-refractivity contribution is 0.368. The number of hydrogen-bond acceptors (Lipinski definition) is 4. The minimum atomic E-state index is 0.230. The Morgan fingerprint density at radius 2 is 2.05 bits per heavy atom. The van der Waals surface area contributed by atoms with Crippen LogP contribution in [-0.4, -0.2) is 16.2 Å². The van der Waals surface area contributed by atoms with Crippen LogP contribution in [0.4, 0.5) is 0 Å². The fourth-order valence-electron chi connectivity index (χ4n) is 2.13. The molecule has 1 unspecified atom stereocenters. The van der Waals surface area contributed by atoms with Gasteiger partial charge in [-0.1, -0.05) is 23.4 Å². The topological polar surface area (TPSA) is 64.9 Å². The second-order valence-corrected chi connectivity index (χ2v) is 5.57. The van der Waals surface area contributed by atoms with E-state index in [0.717, 1.165) is 31.5 Å². The molecule has 2 N–H and O–H groups in total. The summed E-state index contributed by atoms with van der Waals surface area (Å²) in [6, 6.07) is 6.66. The van der Waals surface area contributed by atoms with Crippen LogP contribution in [0.5, 0.6) is 0 Å². The lowest BCUT2D eigenvalue weighted by Crippen LogP contribution is -2.14. The number of nitrogens with two attached hydrogens (primary N) is 1. The summed E-state index contributed by atoms with van der Waals surface area (Å²) in [4.78, 5) is 4.44. The maximum Gasteiger partial charge on any atom is 0.226 e. The van der Waals surface area contributed by atoms with Crippen molar-refractivity contribution in [2.75, 3.05) is 0 Å². The summed E-state index contributed by atoms with van der Waals surface area (Å²) in [5.41, 5.74) is 9.54. The molecule has 0 amide bonds. The predicted molar refractivity (Wildman–Crippen MR) is 79.6 cm³/mol. The molecular weight excluding hydrogens is 250 g/mol. The van der Waals surface area contributed by atoms with Gasteiger partial charge in [-0.3, -0.25) is 0 Å². The van der Waals surface area contributed by atoms with Crippen LogP contribution in [0.2, 0.25) is 0 Å². The Labute approximate surface area is 120 Å². The number of benzene rings is 1. The van der Waals surface area contributed by atoms with Crippen molar-refractivity contribution in [2.45, 2.75) is 52.5 Å². The zero-order valence-corrected chi connectivity index (χ0v) is 12.5. The van der Waals surface area contributed by atoms with Crippen LogP contribution in [0.25, 0.3) is 0 Å². The minimum absolute atomic E-state index is 0.230. The van der Waals surface area contributed by atoms with Crippen LogP contribution in [-0.2, 0) is 12.8 Å². The van der Waals surface area contributed by atoms with E-state index in [1.165, 1.54) is 16.7 Å². The van der Waals surface area contributed by atoms with E-state index in [1.54, 1.807) is 0 Å². The number of hydrogen-bond donors (Lipinski definition) is 1. The molecule has 0 radical (unpaired) electrons. The van der Waals surface area contributed by atoms with Crippen molar-refractivity contribution in [1.82, 2.24) is 10.1 Å². The zero-order chi connectivity index (χ0) is 14.5. The molecule has 1 aromatic carbocycles. The van der Waals surface area contributed by atoms with E-state index in [2.05, 4.69) is 42.2 Å². The highest BCUT2D eigenvalue weighted by molar-refractivity contribution is 5.31. The highest BCUT2D eigenvalue weighted by Gasteiger charge is 2.08. The van der Waals surface area contributed by atoms with Gasteiger partial charge in [0.15, 0.2) is 5.82 Å². The normalized spacial score (nSPS) is 12.6. The molecule has 0 saturated carbocycles. The van der Waals surface area contributed by atoms with Gasteiger partial charge in [0.1, 0.15) is 0 Å². The molecule has 0 saturated heterocycles. The van der Waals surface area contributed by atoms with Crippen LogP contribution in [0.1, 0.15) is 48.2 Å². The highest BCUT2D eigenvalue weighted by atomic mass is 16.5. The van der Waals surface area contributed by atoms with Gasteiger partial charge in [0, 0.05) is 18.9 Å². The molecular formula is C16H23N3O. The SMILES string of the molecule is Cc1ccc(Cc2noc(CCCC(C)N)n2)cc1C. The third-order valence-corrected chi connectivity index (χ3v) is 3.49. The molecule has 2 aromatic rings. The number of rotatable bonds is 6. The van der Waals surface area contributed by atoms with Crippen molar-refractivity contribution < 1.29 is 4.52 Å². The monoisotopic (exact) mass is 273 g/mol. The quantitative estimate of drug-likeness (QED) is 0.878. The molecule has 0 spiro atoms. The Morgan fingerprint density at radius 1 is 1.25 bits per heavy atom. The summed E-state index contributed by atoms with van der Waals surface area (Å²) in [5.74, 6) is 1.47. The first-order valence-electron chi connectivity index (χ1n) is 7.18. The average molecular weight is 273 g/mol. The Hall–Kier alpha value is -1.68. The van der Waals surface area contributed by atoms with Crippen molar-refractivity contribution in [3.8, 4) is 0 Å². The molecule has 20 heavy (non-hydrogen) atoms. The molecule has 108 valence electrons. The van der Waals surface area contributed by atoms with E-state index >= 15 is 0 Å². The summed E-state index contributed by atoms with van der Waals surface area (Å²) in [7, 11) is 0. The molecule has 2 rings (SSSR count). The maximum absolute atomic E-state index is 5.72. The van der Waals surface area contributed by atoms with Crippen LogP contribution in [0.15, 0.2) is 22.7 Å². The van der Waals surface area contributed by atoms with Gasteiger partial charge in [-0.15, -0.1) is 0 Å². The number of aromatic nitrogens is 2. The standard InChI is InChI=1S/C16H23N3O/c1-11-7-8-14(9-12(11)2)10-15-18-16(20-19-15)6-4-5-13(3)17/h7-9,13H,4-6,10,17H2,1-3H3. The van der Waals surface area contributed by atoms with E-state index in [1.807, 2.05) is 6.92 Å². The smallest absolute Gasteiger partial charge is 0.226 e. The Bertz CT molecular complexity index is 561. The minimum Gasteiger partial charge on any atom is -0.339 e. The Morgan fingerprint density at radius 3 is 2.75 bits per heavy atom. The molecule has 0 aliphatic rings. The van der Waals surface area contributed by atoms with Gasteiger partial charge in [-0.25, -0.2) is 0 Å². The molecule has 4 heteroatoms. The predicted octanol–water partition coefficient (Wildman–Crippen LogP) is 2.95. The third-order valence-electron chi connectivity index (χ3n) is 3.49. The number of nitrogens with zero attached hydrogens (tertiary/aromatic N) is 2. The van der Waals surface area contributed by atoms with Gasteiger partial charge >= 0.3 is 0 Å². The summed E-state index contributed by atoms with van der Waals surface area (Å²) in [5, 5.41) is 4.04. The van der Waals surface area contributed by atoms with Crippen LogP contribution >= 0.6 is 0 Å². The molecule has 0 aliphatic heterocycles. The van der Waals surface area contributed by atoms with E-state index < -0.39 is 0 Å². The second-order valence-electron chi connectivity index (χ2n) is 5.57. The largest absolute Gasteiger partial charge is 0.339 e. The van der Waals surface area contributed by atoms with Gasteiger partial charge in [0.05, 0.1) is 0 Å². The molecule has 1 aromatic heterocycles. The summed E-state index contributed by atoms with van der Waals surface area (Å²) in [6.07, 6.45) is 3.50. The van der Waals surface area contributed by atoms with Gasteiger partial charge in [-0.2, -0.15) is 4.98 Å². The lowest BCUT2D eigenvalue weighted by Gasteiger charge is -2.02. The van der Waals surface area contributed by atoms with Crippen molar-refractivity contribution >= 4 is 0 Å². The summed E-state index contributed by atoms with van der Waals surface area (Å²) >= 11 is 0. The second kappa shape index (κ2) is 6.66. The van der Waals surface area contributed by atoms with Gasteiger partial charge in [0.25, 0.3) is 0 Å². The Kier molecular flexibility index (Phi) is 4.90. The van der Waals surface area contributed by atoms with Crippen LogP contribution in [0, 0.1) is 13.8 Å². The first-order valence-corrected chi connectivity index (χ1v) is 7.18. The molecule has 4 nitrogen and oxygen atoms in total. The molecule has 0 fully saturated rings. The molecule has 0 aliphatic carbocycles. The summed E-state index contributed by atoms with van der Waals surface area (Å²) < 4.78 is 5.27. The van der Waals surface area contributed by atoms with Gasteiger partial charge in [0.2, 0.25) is 5.89 Å². The first-order chi connectivity index (χ1) is 9.54. The lowest BCUT2D eigenvalue weighted by atomic mass is 10.0. The van der Waals surface area contributed by atoms with E-state index in [-0.39, 0.29) is 6.04 Å². The van der Waals surface area contributed by atoms with E-state index in [9.17, 15) is 0 Å². The highest BCUT2D eigenvalue weighted by Crippen LogP contribution is 2.13. The molecule has 1 atom stereocenters. The van der Waals surface area contributed by atoms with Crippen molar-refractivity contribution in [3.63, 3.8) is 0 Å². The third kappa shape index (κ3) is 4.17. The van der Waals surface area contributed by atoms with Gasteiger partial charge in [-0.05, 0) is 50.3 Å². The summed E-state index contributed by atoms with van der Waals surface area (Å²) in [6.45, 7) is 6.25. The van der Waals surface area contributed by atoms with Gasteiger partial charge < -0.3 is 10.3 Å². The van der Waals surface area contributed by atoms with Crippen molar-refractivity contribution in [2.24, 2.45) is 5.73 Å². The van der Waals surface area contributed by atoms with Crippen LogP contribution in [0.3, 0.4) is 0 Å². The fourth-order valence-corrected chi connectivity index (χ4v) is 2.13. The van der Waals surface area contributed by atoms with Crippen molar-refractivity contribution in [1.29, 1.82) is 0 Å². The zero-order valence-electron chi connectivity index (χ0n) is 12.5. The fraction of sp³-hybridized carbons (Fsp3) is 0.500. The molecule has 1 heterocycles. The van der Waals surface area contributed by atoms with Crippen molar-refractivity contribution in [3.05, 3.63) is 46.6 Å². The molecule has 0 bridgehead atoms. The number of aryl methyl sites for hydroxylation is 3. The van der Waals surface area contributed by atoms with E-state index in [4.69, 9.17) is 10.3 Å². The van der Waals surface area contributed by atoms with Crippen LogP contribution < -0.4 is 5.73 Å². The Balaban J connectivity index is 1.93.